The summed E-state index contributed by atoms with van der Waals surface area (Å²) in [5, 5.41) is 3.13. The van der Waals surface area contributed by atoms with Crippen molar-refractivity contribution in [1.29, 1.82) is 0 Å². The minimum atomic E-state index is -4.11. The van der Waals surface area contributed by atoms with Crippen LogP contribution >= 0.6 is 0 Å². The van der Waals surface area contributed by atoms with Gasteiger partial charge in [-0.05, 0) is 18.9 Å². The first-order valence-electron chi connectivity index (χ1n) is 7.30. The Bertz CT molecular complexity index is 362. The quantitative estimate of drug-likeness (QED) is 0.645. The van der Waals surface area contributed by atoms with E-state index in [1.165, 1.54) is 0 Å². The lowest BCUT2D eigenvalue weighted by atomic mass is 9.99. The molecule has 4 heteroatoms. The van der Waals surface area contributed by atoms with Crippen LogP contribution in [0.1, 0.15) is 57.6 Å². The summed E-state index contributed by atoms with van der Waals surface area (Å²) in [4.78, 5) is 0. The molecule has 0 aromatic heterocycles. The molecule has 0 saturated heterocycles. The van der Waals surface area contributed by atoms with Crippen LogP contribution in [0.2, 0.25) is 0 Å². The van der Waals surface area contributed by atoms with Crippen LogP contribution in [-0.4, -0.2) is 12.2 Å². The highest BCUT2D eigenvalue weighted by Crippen LogP contribution is 2.25. The number of nitrogens with one attached hydrogen (secondary N) is 1. The van der Waals surface area contributed by atoms with Crippen molar-refractivity contribution < 1.29 is 13.2 Å². The molecule has 0 aliphatic rings. The normalized spacial score (nSPS) is 15.1. The fourth-order valence-corrected chi connectivity index (χ4v) is 2.38. The largest absolute Gasteiger partial charge is 0.390 e. The van der Waals surface area contributed by atoms with E-state index in [1.807, 2.05) is 30.3 Å². The second-order valence-electron chi connectivity index (χ2n) is 5.35. The van der Waals surface area contributed by atoms with Crippen molar-refractivity contribution >= 4 is 0 Å². The van der Waals surface area contributed by atoms with Gasteiger partial charge in [-0.15, -0.1) is 0 Å². The smallest absolute Gasteiger partial charge is 0.307 e. The lowest BCUT2D eigenvalue weighted by molar-refractivity contribution is -0.139. The molecule has 1 aromatic carbocycles. The second kappa shape index (κ2) is 8.30. The molecular weight excluding hydrogens is 263 g/mol. The summed E-state index contributed by atoms with van der Waals surface area (Å²) in [6.07, 6.45) is -0.776. The van der Waals surface area contributed by atoms with E-state index in [0.717, 1.165) is 31.2 Å². The van der Waals surface area contributed by atoms with Gasteiger partial charge in [0.1, 0.15) is 0 Å². The fourth-order valence-electron chi connectivity index (χ4n) is 2.38. The molecule has 0 saturated carbocycles. The number of benzene rings is 1. The van der Waals surface area contributed by atoms with Crippen molar-refractivity contribution in [2.24, 2.45) is 0 Å². The maximum atomic E-state index is 12.4. The van der Waals surface area contributed by atoms with Gasteiger partial charge in [0.2, 0.25) is 0 Å². The highest BCUT2D eigenvalue weighted by molar-refractivity contribution is 5.19. The molecule has 114 valence electrons. The van der Waals surface area contributed by atoms with E-state index in [4.69, 9.17) is 0 Å². The van der Waals surface area contributed by atoms with Crippen molar-refractivity contribution in [1.82, 2.24) is 5.32 Å². The van der Waals surface area contributed by atoms with Gasteiger partial charge >= 0.3 is 6.18 Å². The summed E-state index contributed by atoms with van der Waals surface area (Å²) in [6, 6.07) is 9.16. The average Bonchev–Trinajstić information content (AvgIpc) is 2.37. The van der Waals surface area contributed by atoms with Gasteiger partial charge in [-0.3, -0.25) is 0 Å². The summed E-state index contributed by atoms with van der Waals surface area (Å²) < 4.78 is 37.3. The van der Waals surface area contributed by atoms with Gasteiger partial charge < -0.3 is 5.32 Å². The zero-order valence-corrected chi connectivity index (χ0v) is 12.2. The van der Waals surface area contributed by atoms with E-state index in [0.29, 0.717) is 0 Å². The standard InChI is InChI=1S/C16H24F3N/c1-3-4-6-11-15(14-9-7-5-8-10-14)20-13(2)12-16(17,18)19/h5,7-10,13,15,20H,3-4,6,11-12H2,1-2H3. The highest BCUT2D eigenvalue weighted by Gasteiger charge is 2.30. The maximum Gasteiger partial charge on any atom is 0.390 e. The predicted molar refractivity (Wildman–Crippen MR) is 76.6 cm³/mol. The Balaban J connectivity index is 2.63. The third kappa shape index (κ3) is 6.94. The number of alkyl halides is 3. The lowest BCUT2D eigenvalue weighted by Crippen LogP contribution is -2.34. The molecule has 1 rings (SSSR count). The molecule has 0 bridgehead atoms. The van der Waals surface area contributed by atoms with E-state index in [-0.39, 0.29) is 6.04 Å². The molecule has 0 amide bonds. The molecule has 1 nitrogen and oxygen atoms in total. The average molecular weight is 287 g/mol. The number of rotatable bonds is 8. The van der Waals surface area contributed by atoms with Crippen LogP contribution in [0, 0.1) is 0 Å². The van der Waals surface area contributed by atoms with Crippen LogP contribution in [0.4, 0.5) is 13.2 Å². The SMILES string of the molecule is CCCCCC(NC(C)CC(F)(F)F)c1ccccc1. The molecule has 0 aliphatic heterocycles. The fraction of sp³-hybridized carbons (Fsp3) is 0.625. The zero-order valence-electron chi connectivity index (χ0n) is 12.2. The van der Waals surface area contributed by atoms with Crippen LogP contribution in [0.5, 0.6) is 0 Å². The van der Waals surface area contributed by atoms with Gasteiger partial charge in [0.05, 0.1) is 6.42 Å². The number of unbranched alkanes of at least 4 members (excludes halogenated alkanes) is 2. The molecule has 20 heavy (non-hydrogen) atoms. The lowest BCUT2D eigenvalue weighted by Gasteiger charge is -2.24. The number of hydrogen-bond acceptors (Lipinski definition) is 1. The van der Waals surface area contributed by atoms with Gasteiger partial charge in [-0.25, -0.2) is 0 Å². The van der Waals surface area contributed by atoms with Crippen LogP contribution in [0.3, 0.4) is 0 Å². The summed E-state index contributed by atoms with van der Waals surface area (Å²) in [7, 11) is 0. The van der Waals surface area contributed by atoms with Crippen molar-refractivity contribution in [2.45, 2.75) is 64.2 Å². The van der Waals surface area contributed by atoms with Gasteiger partial charge in [0, 0.05) is 12.1 Å². The Kier molecular flexibility index (Phi) is 7.06. The first kappa shape index (κ1) is 17.0. The van der Waals surface area contributed by atoms with Crippen molar-refractivity contribution in [3.63, 3.8) is 0 Å². The van der Waals surface area contributed by atoms with E-state index in [2.05, 4.69) is 12.2 Å². The molecule has 0 radical (unpaired) electrons. The monoisotopic (exact) mass is 287 g/mol. The maximum absolute atomic E-state index is 12.4. The minimum absolute atomic E-state index is 0.0000926. The number of hydrogen-bond donors (Lipinski definition) is 1. The number of halogens is 3. The molecule has 1 aromatic rings. The second-order valence-corrected chi connectivity index (χ2v) is 5.35. The first-order chi connectivity index (χ1) is 9.42. The Labute approximate surface area is 119 Å². The predicted octanol–water partition coefficient (Wildman–Crippen LogP) is 5.24. The Hall–Kier alpha value is -1.03. The van der Waals surface area contributed by atoms with Crippen LogP contribution in [0.15, 0.2) is 30.3 Å². The Morgan fingerprint density at radius 1 is 1.10 bits per heavy atom. The third-order valence-electron chi connectivity index (χ3n) is 3.32. The summed E-state index contributed by atoms with van der Waals surface area (Å²) in [5.74, 6) is 0. The Morgan fingerprint density at radius 3 is 2.30 bits per heavy atom. The van der Waals surface area contributed by atoms with Gasteiger partial charge in [0.15, 0.2) is 0 Å². The zero-order chi connectivity index (χ0) is 15.0. The Morgan fingerprint density at radius 2 is 1.75 bits per heavy atom. The summed E-state index contributed by atoms with van der Waals surface area (Å²) >= 11 is 0. The minimum Gasteiger partial charge on any atom is -0.307 e. The van der Waals surface area contributed by atoms with Gasteiger partial charge in [-0.2, -0.15) is 13.2 Å². The van der Waals surface area contributed by atoms with E-state index < -0.39 is 18.6 Å². The van der Waals surface area contributed by atoms with E-state index >= 15 is 0 Å². The van der Waals surface area contributed by atoms with E-state index in [9.17, 15) is 13.2 Å². The molecule has 2 unspecified atom stereocenters. The molecule has 0 aliphatic carbocycles. The summed E-state index contributed by atoms with van der Waals surface area (Å²) in [6.45, 7) is 3.72. The van der Waals surface area contributed by atoms with Crippen LogP contribution in [0.25, 0.3) is 0 Å². The van der Waals surface area contributed by atoms with Crippen molar-refractivity contribution in [3.05, 3.63) is 35.9 Å². The molecule has 1 N–H and O–H groups in total. The van der Waals surface area contributed by atoms with Crippen LogP contribution in [-0.2, 0) is 0 Å². The van der Waals surface area contributed by atoms with Gasteiger partial charge in [0.25, 0.3) is 0 Å². The topological polar surface area (TPSA) is 12.0 Å². The third-order valence-corrected chi connectivity index (χ3v) is 3.32. The molecular formula is C16H24F3N. The summed E-state index contributed by atoms with van der Waals surface area (Å²) in [5.41, 5.74) is 1.07. The highest BCUT2D eigenvalue weighted by atomic mass is 19.4. The van der Waals surface area contributed by atoms with Crippen molar-refractivity contribution in [3.8, 4) is 0 Å². The molecule has 0 spiro atoms. The van der Waals surface area contributed by atoms with Gasteiger partial charge in [-0.1, -0.05) is 56.5 Å². The van der Waals surface area contributed by atoms with Crippen LogP contribution < -0.4 is 5.32 Å². The van der Waals surface area contributed by atoms with E-state index in [1.54, 1.807) is 6.92 Å². The first-order valence-corrected chi connectivity index (χ1v) is 7.30. The molecule has 0 fully saturated rings. The molecule has 0 heterocycles. The molecule has 2 atom stereocenters. The van der Waals surface area contributed by atoms with Crippen molar-refractivity contribution in [2.75, 3.05) is 0 Å².